The van der Waals surface area contributed by atoms with Gasteiger partial charge in [-0.2, -0.15) is 0 Å². The molecule has 0 unspecified atom stereocenters. The lowest BCUT2D eigenvalue weighted by Crippen LogP contribution is -1.92. The van der Waals surface area contributed by atoms with Crippen LogP contribution in [0.5, 0.6) is 0 Å². The Labute approximate surface area is 124 Å². The van der Waals surface area contributed by atoms with Crippen molar-refractivity contribution in [1.29, 1.82) is 0 Å². The van der Waals surface area contributed by atoms with Gasteiger partial charge in [0.05, 0.1) is 0 Å². The van der Waals surface area contributed by atoms with Crippen molar-refractivity contribution >= 4 is 28.8 Å². The van der Waals surface area contributed by atoms with Gasteiger partial charge in [0, 0.05) is 0 Å². The van der Waals surface area contributed by atoms with Gasteiger partial charge < -0.3 is 0 Å². The monoisotopic (exact) mass is 290 g/mol. The fraction of sp³-hybridized carbons (Fsp3) is 0.176. The first-order valence-corrected chi connectivity index (χ1v) is 7.07. The van der Waals surface area contributed by atoms with Gasteiger partial charge in [0.15, 0.2) is 0 Å². The van der Waals surface area contributed by atoms with E-state index in [1.807, 2.05) is 6.08 Å². The predicted molar refractivity (Wildman–Crippen MR) is 84.9 cm³/mol. The molecule has 2 rings (SSSR count). The Morgan fingerprint density at radius 3 is 1.47 bits per heavy atom. The lowest BCUT2D eigenvalue weighted by molar-refractivity contribution is 1.42. The summed E-state index contributed by atoms with van der Waals surface area (Å²) in [5.41, 5.74) is 5.79. The number of rotatable bonds is 3. The fourth-order valence-electron chi connectivity index (χ4n) is 1.95. The summed E-state index contributed by atoms with van der Waals surface area (Å²) < 4.78 is 0. The fourth-order valence-corrected chi connectivity index (χ4v) is 2.20. The van der Waals surface area contributed by atoms with Crippen molar-refractivity contribution in [1.82, 2.24) is 0 Å². The van der Waals surface area contributed by atoms with Gasteiger partial charge in [0.2, 0.25) is 0 Å². The van der Waals surface area contributed by atoms with Crippen LogP contribution >= 0.6 is 23.2 Å². The molecule has 98 valence electrons. The second-order valence-electron chi connectivity index (χ2n) is 4.65. The molecule has 0 fully saturated rings. The summed E-state index contributed by atoms with van der Waals surface area (Å²) >= 11 is 11.8. The highest BCUT2D eigenvalue weighted by atomic mass is 35.5. The van der Waals surface area contributed by atoms with Gasteiger partial charge in [-0.1, -0.05) is 59.7 Å². The van der Waals surface area contributed by atoms with Crippen LogP contribution < -0.4 is 0 Å². The van der Waals surface area contributed by atoms with E-state index in [4.69, 9.17) is 23.2 Å². The van der Waals surface area contributed by atoms with Crippen molar-refractivity contribution in [2.24, 2.45) is 0 Å². The molecule has 0 saturated heterocycles. The summed E-state index contributed by atoms with van der Waals surface area (Å²) in [5, 5.41) is 0. The zero-order valence-corrected chi connectivity index (χ0v) is 12.5. The zero-order chi connectivity index (χ0) is 13.8. The zero-order valence-electron chi connectivity index (χ0n) is 11.0. The Hall–Kier alpha value is -1.24. The summed E-state index contributed by atoms with van der Waals surface area (Å²) in [6, 6.07) is 16.7. The Morgan fingerprint density at radius 2 is 1.16 bits per heavy atom. The molecular formula is C17H16Cl2. The van der Waals surface area contributed by atoms with E-state index in [-0.39, 0.29) is 0 Å². The van der Waals surface area contributed by atoms with Crippen molar-refractivity contribution in [3.63, 3.8) is 0 Å². The van der Waals surface area contributed by atoms with Gasteiger partial charge in [-0.3, -0.25) is 0 Å². The summed E-state index contributed by atoms with van der Waals surface area (Å²) in [5.74, 6) is 0. The number of alkyl halides is 2. The van der Waals surface area contributed by atoms with Gasteiger partial charge in [-0.05, 0) is 36.6 Å². The Balaban J connectivity index is 2.47. The van der Waals surface area contributed by atoms with Crippen LogP contribution in [0.25, 0.3) is 5.57 Å². The Kier molecular flexibility index (Phi) is 4.68. The summed E-state index contributed by atoms with van der Waals surface area (Å²) in [6.45, 7) is 4.15. The first kappa shape index (κ1) is 14.2. The Morgan fingerprint density at radius 1 is 0.789 bits per heavy atom. The molecule has 0 atom stereocenters. The van der Waals surface area contributed by atoms with Crippen LogP contribution in [-0.2, 0) is 0 Å². The maximum Gasteiger partial charge on any atom is 0.126 e. The molecule has 0 spiro atoms. The lowest BCUT2D eigenvalue weighted by Gasteiger charge is -2.10. The van der Waals surface area contributed by atoms with Crippen LogP contribution in [-0.4, -0.2) is 4.84 Å². The van der Waals surface area contributed by atoms with Crippen molar-refractivity contribution in [3.8, 4) is 0 Å². The molecule has 0 heterocycles. The minimum Gasteiger partial charge on any atom is -0.101 e. The highest BCUT2D eigenvalue weighted by Gasteiger charge is 2.07. The number of hydrogen-bond acceptors (Lipinski definition) is 0. The highest BCUT2D eigenvalue weighted by Crippen LogP contribution is 2.26. The third-order valence-electron chi connectivity index (χ3n) is 3.02. The van der Waals surface area contributed by atoms with E-state index >= 15 is 0 Å². The van der Waals surface area contributed by atoms with Crippen LogP contribution in [0.1, 0.15) is 22.3 Å². The van der Waals surface area contributed by atoms with E-state index in [9.17, 15) is 0 Å². The molecule has 0 aromatic heterocycles. The molecule has 2 aromatic rings. The minimum absolute atomic E-state index is 0.516. The molecule has 2 heteroatoms. The quantitative estimate of drug-likeness (QED) is 0.651. The lowest BCUT2D eigenvalue weighted by atomic mass is 9.96. The molecule has 0 aliphatic heterocycles. The van der Waals surface area contributed by atoms with Crippen molar-refractivity contribution in [2.75, 3.05) is 0 Å². The molecule has 0 saturated carbocycles. The first-order valence-electron chi connectivity index (χ1n) is 6.20. The Bertz CT molecular complexity index is 516. The average Bonchev–Trinajstić information content (AvgIpc) is 2.38. The van der Waals surface area contributed by atoms with Crippen molar-refractivity contribution < 1.29 is 0 Å². The molecule has 0 radical (unpaired) electrons. The number of benzene rings is 2. The molecule has 0 N–H and O–H groups in total. The van der Waals surface area contributed by atoms with Gasteiger partial charge in [-0.25, -0.2) is 0 Å². The predicted octanol–water partition coefficient (Wildman–Crippen LogP) is 5.54. The highest BCUT2D eigenvalue weighted by molar-refractivity contribution is 6.46. The van der Waals surface area contributed by atoms with E-state index in [2.05, 4.69) is 62.4 Å². The number of halogens is 2. The molecule has 0 bridgehead atoms. The summed E-state index contributed by atoms with van der Waals surface area (Å²) in [4.78, 5) is -0.516. The standard InChI is InChI=1S/C17H16Cl2/c1-12-3-7-14(8-4-12)16(11-17(18)19)15-9-5-13(2)6-10-15/h3-11,17H,1-2H3. The average molecular weight is 291 g/mol. The second-order valence-corrected chi connectivity index (χ2v) is 5.81. The van der Waals surface area contributed by atoms with Crippen LogP contribution in [0.2, 0.25) is 0 Å². The summed E-state index contributed by atoms with van der Waals surface area (Å²) in [7, 11) is 0. The number of aryl methyl sites for hydroxylation is 2. The molecular weight excluding hydrogens is 275 g/mol. The maximum atomic E-state index is 5.92. The van der Waals surface area contributed by atoms with Crippen molar-refractivity contribution in [2.45, 2.75) is 18.7 Å². The van der Waals surface area contributed by atoms with Gasteiger partial charge >= 0.3 is 0 Å². The third-order valence-corrected chi connectivity index (χ3v) is 3.27. The maximum absolute atomic E-state index is 5.92. The largest absolute Gasteiger partial charge is 0.126 e. The molecule has 19 heavy (non-hydrogen) atoms. The van der Waals surface area contributed by atoms with Crippen molar-refractivity contribution in [3.05, 3.63) is 76.9 Å². The molecule has 0 nitrogen and oxygen atoms in total. The number of hydrogen-bond donors (Lipinski definition) is 0. The summed E-state index contributed by atoms with van der Waals surface area (Å²) in [6.07, 6.45) is 1.87. The van der Waals surface area contributed by atoms with Crippen LogP contribution in [0.4, 0.5) is 0 Å². The van der Waals surface area contributed by atoms with E-state index in [0.29, 0.717) is 0 Å². The minimum atomic E-state index is -0.516. The molecule has 0 aliphatic rings. The van der Waals surface area contributed by atoms with Gasteiger partial charge in [0.25, 0.3) is 0 Å². The molecule has 0 aliphatic carbocycles. The van der Waals surface area contributed by atoms with E-state index in [0.717, 1.165) is 16.7 Å². The smallest absolute Gasteiger partial charge is 0.101 e. The first-order chi connectivity index (χ1) is 9.06. The van der Waals surface area contributed by atoms with E-state index in [1.54, 1.807) is 0 Å². The van der Waals surface area contributed by atoms with E-state index in [1.165, 1.54) is 11.1 Å². The molecule has 2 aromatic carbocycles. The molecule has 0 amide bonds. The van der Waals surface area contributed by atoms with Gasteiger partial charge in [-0.15, -0.1) is 23.2 Å². The van der Waals surface area contributed by atoms with Crippen LogP contribution in [0.15, 0.2) is 54.6 Å². The third kappa shape index (κ3) is 3.86. The van der Waals surface area contributed by atoms with E-state index < -0.39 is 4.84 Å². The SMILES string of the molecule is Cc1ccc(C(=CC(Cl)Cl)c2ccc(C)cc2)cc1. The van der Waals surface area contributed by atoms with Crippen LogP contribution in [0.3, 0.4) is 0 Å². The van der Waals surface area contributed by atoms with Gasteiger partial charge in [0.1, 0.15) is 4.84 Å². The normalized spacial score (nSPS) is 10.6. The number of allylic oxidation sites excluding steroid dienone is 1. The topological polar surface area (TPSA) is 0 Å². The second kappa shape index (κ2) is 6.27. The van der Waals surface area contributed by atoms with Crippen LogP contribution in [0, 0.1) is 13.8 Å².